The van der Waals surface area contributed by atoms with Crippen molar-refractivity contribution in [1.82, 2.24) is 4.72 Å². The first kappa shape index (κ1) is 18.4. The minimum atomic E-state index is -3.62. The molecule has 6 nitrogen and oxygen atoms in total. The molecule has 0 aromatic heterocycles. The second-order valence-corrected chi connectivity index (χ2v) is 7.60. The lowest BCUT2D eigenvalue weighted by molar-refractivity contribution is -0.126. The van der Waals surface area contributed by atoms with Crippen LogP contribution in [0.1, 0.15) is 32.8 Å². The summed E-state index contributed by atoms with van der Waals surface area (Å²) in [7, 11) is -2.06. The monoisotopic (exact) mass is 328 g/mol. The molecule has 1 aromatic rings. The summed E-state index contributed by atoms with van der Waals surface area (Å²) in [5.41, 5.74) is 4.10. The Morgan fingerprint density at radius 2 is 1.77 bits per heavy atom. The van der Waals surface area contributed by atoms with Gasteiger partial charge in [-0.15, -0.1) is 0 Å². The molecule has 0 saturated carbocycles. The molecule has 1 atom stereocenters. The highest BCUT2D eigenvalue weighted by molar-refractivity contribution is 7.88. The molecule has 3 N–H and O–H groups in total. The van der Waals surface area contributed by atoms with Crippen molar-refractivity contribution in [3.8, 4) is 5.75 Å². The molecule has 0 spiro atoms. The number of hydrogen-bond donors (Lipinski definition) is 2. The normalized spacial score (nSPS) is 15.1. The van der Waals surface area contributed by atoms with E-state index in [-0.39, 0.29) is 6.42 Å². The molecular formula is C15H24N2O4S. The van der Waals surface area contributed by atoms with Crippen molar-refractivity contribution in [3.63, 3.8) is 0 Å². The molecule has 0 saturated heterocycles. The molecule has 0 fully saturated rings. The molecule has 0 bridgehead atoms. The van der Waals surface area contributed by atoms with Crippen molar-refractivity contribution < 1.29 is 17.9 Å². The molecule has 0 aliphatic heterocycles. The maximum atomic E-state index is 12.1. The quantitative estimate of drug-likeness (QED) is 0.784. The van der Waals surface area contributed by atoms with E-state index < -0.39 is 26.9 Å². The third kappa shape index (κ3) is 3.41. The van der Waals surface area contributed by atoms with Gasteiger partial charge in [-0.25, -0.2) is 8.42 Å². The molecule has 1 unspecified atom stereocenters. The topological polar surface area (TPSA) is 98.5 Å². The number of amides is 1. The molecule has 22 heavy (non-hydrogen) atoms. The molecule has 1 rings (SSSR count). The maximum absolute atomic E-state index is 12.1. The summed E-state index contributed by atoms with van der Waals surface area (Å²) in [5, 5.41) is 0. The van der Waals surface area contributed by atoms with Crippen molar-refractivity contribution in [2.24, 2.45) is 5.73 Å². The van der Waals surface area contributed by atoms with Crippen LogP contribution >= 0.6 is 0 Å². The van der Waals surface area contributed by atoms with E-state index in [2.05, 4.69) is 4.72 Å². The van der Waals surface area contributed by atoms with Crippen LogP contribution in [-0.4, -0.2) is 33.2 Å². The average molecular weight is 328 g/mol. The molecular weight excluding hydrogens is 304 g/mol. The summed E-state index contributed by atoms with van der Waals surface area (Å²) < 4.78 is 31.1. The van der Waals surface area contributed by atoms with Gasteiger partial charge >= 0.3 is 0 Å². The highest BCUT2D eigenvalue weighted by Crippen LogP contribution is 2.38. The lowest BCUT2D eigenvalue weighted by Crippen LogP contribution is -2.66. The van der Waals surface area contributed by atoms with Crippen LogP contribution in [0.3, 0.4) is 0 Å². The maximum Gasteiger partial charge on any atom is 0.239 e. The van der Waals surface area contributed by atoms with Gasteiger partial charge in [-0.1, -0.05) is 32.9 Å². The number of carbonyl (C=O) groups excluding carboxylic acids is 1. The summed E-state index contributed by atoms with van der Waals surface area (Å²) in [4.78, 5) is 12.1. The van der Waals surface area contributed by atoms with Crippen LogP contribution in [-0.2, 0) is 20.2 Å². The molecule has 0 aliphatic rings. The molecule has 124 valence electrons. The number of hydrogen-bond acceptors (Lipinski definition) is 4. The Morgan fingerprint density at radius 3 is 2.09 bits per heavy atom. The van der Waals surface area contributed by atoms with Crippen LogP contribution in [0.25, 0.3) is 0 Å². The molecule has 0 heterocycles. The minimum Gasteiger partial charge on any atom is -0.497 e. The van der Waals surface area contributed by atoms with Gasteiger partial charge in [-0.2, -0.15) is 4.72 Å². The van der Waals surface area contributed by atoms with Crippen LogP contribution < -0.4 is 15.2 Å². The van der Waals surface area contributed by atoms with E-state index in [0.29, 0.717) is 5.75 Å². The Kier molecular flexibility index (Phi) is 5.25. The van der Waals surface area contributed by atoms with Gasteiger partial charge in [-0.05, 0) is 24.1 Å². The van der Waals surface area contributed by atoms with Gasteiger partial charge in [-0.3, -0.25) is 4.79 Å². The third-order valence-electron chi connectivity index (χ3n) is 4.19. The lowest BCUT2D eigenvalue weighted by Gasteiger charge is -2.44. The van der Waals surface area contributed by atoms with Crippen molar-refractivity contribution in [3.05, 3.63) is 29.8 Å². The average Bonchev–Trinajstić information content (AvgIpc) is 2.43. The highest BCUT2D eigenvalue weighted by atomic mass is 32.2. The first-order chi connectivity index (χ1) is 10.00. The molecule has 1 amide bonds. The van der Waals surface area contributed by atoms with Crippen molar-refractivity contribution in [2.75, 3.05) is 13.4 Å². The van der Waals surface area contributed by atoms with E-state index >= 15 is 0 Å². The number of carbonyl (C=O) groups is 1. The molecule has 0 aliphatic carbocycles. The van der Waals surface area contributed by atoms with E-state index in [1.807, 2.05) is 0 Å². The number of nitrogens with one attached hydrogen (secondary N) is 1. The summed E-state index contributed by atoms with van der Waals surface area (Å²) >= 11 is 0. The predicted octanol–water partition coefficient (Wildman–Crippen LogP) is 1.16. The van der Waals surface area contributed by atoms with Crippen LogP contribution in [0, 0.1) is 0 Å². The van der Waals surface area contributed by atoms with Crippen molar-refractivity contribution in [2.45, 2.75) is 38.1 Å². The second-order valence-electron chi connectivity index (χ2n) is 5.85. The fourth-order valence-electron chi connectivity index (χ4n) is 2.74. The summed E-state index contributed by atoms with van der Waals surface area (Å²) in [6.45, 7) is 5.32. The van der Waals surface area contributed by atoms with Crippen LogP contribution in [0.2, 0.25) is 0 Å². The SMILES string of the molecule is CCC(NS(C)(=O)=O)(C(N)=O)C(C)(C)c1ccc(OC)cc1. The fraction of sp³-hybridized carbons (Fsp3) is 0.533. The van der Waals surface area contributed by atoms with Gasteiger partial charge in [0.25, 0.3) is 0 Å². The van der Waals surface area contributed by atoms with E-state index in [1.165, 1.54) is 0 Å². The van der Waals surface area contributed by atoms with Crippen molar-refractivity contribution in [1.29, 1.82) is 0 Å². The standard InChI is InChI=1S/C15H24N2O4S/c1-6-15(13(16)18,17-22(5,19)20)14(2,3)11-7-9-12(21-4)10-8-11/h7-10,17H,6H2,1-5H3,(H2,16,18). The Morgan fingerprint density at radius 1 is 1.27 bits per heavy atom. The van der Waals surface area contributed by atoms with E-state index in [9.17, 15) is 13.2 Å². The number of nitrogens with two attached hydrogens (primary N) is 1. The van der Waals surface area contributed by atoms with Crippen LogP contribution in [0.15, 0.2) is 24.3 Å². The van der Waals surface area contributed by atoms with Crippen molar-refractivity contribution >= 4 is 15.9 Å². The first-order valence-corrected chi connectivity index (χ1v) is 8.82. The van der Waals surface area contributed by atoms with Crippen LogP contribution in [0.4, 0.5) is 0 Å². The number of ether oxygens (including phenoxy) is 1. The Hall–Kier alpha value is -1.60. The zero-order valence-corrected chi connectivity index (χ0v) is 14.5. The van der Waals surface area contributed by atoms with E-state index in [4.69, 9.17) is 10.5 Å². The smallest absolute Gasteiger partial charge is 0.239 e. The largest absolute Gasteiger partial charge is 0.497 e. The van der Waals surface area contributed by atoms with Gasteiger partial charge in [0.15, 0.2) is 0 Å². The molecule has 0 radical (unpaired) electrons. The summed E-state index contributed by atoms with van der Waals surface area (Å²) in [5.74, 6) is -0.0296. The number of primary amides is 1. The number of methoxy groups -OCH3 is 1. The third-order valence-corrected chi connectivity index (χ3v) is 4.91. The zero-order chi connectivity index (χ0) is 17.2. The molecule has 7 heteroatoms. The molecule has 1 aromatic carbocycles. The van der Waals surface area contributed by atoms with Gasteiger partial charge in [0.2, 0.25) is 15.9 Å². The summed E-state index contributed by atoms with van der Waals surface area (Å²) in [6.07, 6.45) is 1.25. The van der Waals surface area contributed by atoms with Crippen LogP contribution in [0.5, 0.6) is 5.75 Å². The summed E-state index contributed by atoms with van der Waals surface area (Å²) in [6, 6.07) is 7.13. The first-order valence-electron chi connectivity index (χ1n) is 6.93. The highest BCUT2D eigenvalue weighted by Gasteiger charge is 2.51. The lowest BCUT2D eigenvalue weighted by atomic mass is 9.66. The Labute approximate surface area is 132 Å². The van der Waals surface area contributed by atoms with Gasteiger partial charge < -0.3 is 10.5 Å². The van der Waals surface area contributed by atoms with Gasteiger partial charge in [0.05, 0.1) is 13.4 Å². The number of benzene rings is 1. The van der Waals surface area contributed by atoms with E-state index in [0.717, 1.165) is 11.8 Å². The predicted molar refractivity (Wildman–Crippen MR) is 86.2 cm³/mol. The van der Waals surface area contributed by atoms with Gasteiger partial charge in [0.1, 0.15) is 11.3 Å². The Balaban J connectivity index is 3.46. The zero-order valence-electron chi connectivity index (χ0n) is 13.6. The number of sulfonamides is 1. The fourth-order valence-corrected chi connectivity index (χ4v) is 3.88. The second kappa shape index (κ2) is 6.26. The minimum absolute atomic E-state index is 0.231. The van der Waals surface area contributed by atoms with E-state index in [1.54, 1.807) is 52.1 Å². The van der Waals surface area contributed by atoms with Gasteiger partial charge in [0, 0.05) is 5.41 Å². The Bertz CT molecular complexity index is 638. The number of rotatable bonds is 7.